The fourth-order valence-corrected chi connectivity index (χ4v) is 3.14. The van der Waals surface area contributed by atoms with Crippen LogP contribution in [0.3, 0.4) is 0 Å². The van der Waals surface area contributed by atoms with Crippen LogP contribution in [0.4, 0.5) is 5.13 Å². The molecule has 0 saturated carbocycles. The van der Waals surface area contributed by atoms with E-state index >= 15 is 0 Å². The van der Waals surface area contributed by atoms with Crippen molar-refractivity contribution >= 4 is 28.3 Å². The van der Waals surface area contributed by atoms with Crippen molar-refractivity contribution in [3.05, 3.63) is 5.82 Å². The van der Waals surface area contributed by atoms with Crippen molar-refractivity contribution in [2.75, 3.05) is 11.4 Å². The lowest BCUT2D eigenvalue weighted by atomic mass is 10.2. The second kappa shape index (κ2) is 4.26. The van der Waals surface area contributed by atoms with Gasteiger partial charge < -0.3 is 4.90 Å². The molecule has 1 aliphatic rings. The Morgan fingerprint density at radius 2 is 2.27 bits per heavy atom. The Kier molecular flexibility index (Phi) is 3.16. The Bertz CT molecular complexity index is 339. The zero-order valence-corrected chi connectivity index (χ0v) is 10.8. The van der Waals surface area contributed by atoms with Gasteiger partial charge in [0.05, 0.1) is 5.38 Å². The molecule has 0 bridgehead atoms. The zero-order chi connectivity index (χ0) is 11.0. The minimum Gasteiger partial charge on any atom is -0.343 e. The Morgan fingerprint density at radius 1 is 1.53 bits per heavy atom. The summed E-state index contributed by atoms with van der Waals surface area (Å²) in [6.45, 7) is 7.32. The van der Waals surface area contributed by atoms with Crippen molar-refractivity contribution in [3.8, 4) is 0 Å². The number of rotatable bonds is 2. The first kappa shape index (κ1) is 11.1. The van der Waals surface area contributed by atoms with Crippen LogP contribution in [0.2, 0.25) is 0 Å². The van der Waals surface area contributed by atoms with Gasteiger partial charge in [-0.25, -0.2) is 4.98 Å². The minimum absolute atomic E-state index is 0.256. The maximum Gasteiger partial charge on any atom is 0.205 e. The van der Waals surface area contributed by atoms with E-state index < -0.39 is 0 Å². The van der Waals surface area contributed by atoms with Crippen molar-refractivity contribution in [3.63, 3.8) is 0 Å². The minimum atomic E-state index is 0.256. The van der Waals surface area contributed by atoms with Gasteiger partial charge in [0, 0.05) is 30.0 Å². The molecule has 84 valence electrons. The van der Waals surface area contributed by atoms with E-state index in [1.807, 2.05) is 0 Å². The van der Waals surface area contributed by atoms with Gasteiger partial charge in [0.2, 0.25) is 5.13 Å². The molecule has 2 rings (SSSR count). The molecular weight excluding hydrogens is 230 g/mol. The van der Waals surface area contributed by atoms with Gasteiger partial charge in [-0.15, -0.1) is 11.6 Å². The standard InChI is InChI=1S/C10H16ClN3S/c1-6(2)9-12-10(15-13-9)14-5-8(11)4-7(14)3/h6-8H,4-5H2,1-3H3. The number of halogens is 1. The number of aromatic nitrogens is 2. The lowest BCUT2D eigenvalue weighted by Crippen LogP contribution is -2.26. The van der Waals surface area contributed by atoms with Gasteiger partial charge in [-0.1, -0.05) is 13.8 Å². The van der Waals surface area contributed by atoms with E-state index in [4.69, 9.17) is 11.6 Å². The van der Waals surface area contributed by atoms with Gasteiger partial charge >= 0.3 is 0 Å². The molecule has 0 aliphatic carbocycles. The van der Waals surface area contributed by atoms with Crippen LogP contribution in [0, 0.1) is 0 Å². The fourth-order valence-electron chi connectivity index (χ4n) is 1.81. The predicted octanol–water partition coefficient (Wildman–Crippen LogP) is 2.87. The lowest BCUT2D eigenvalue weighted by molar-refractivity contribution is 0.727. The van der Waals surface area contributed by atoms with Crippen LogP contribution in [-0.2, 0) is 0 Å². The predicted molar refractivity (Wildman–Crippen MR) is 65.1 cm³/mol. The second-order valence-electron chi connectivity index (χ2n) is 4.42. The summed E-state index contributed by atoms with van der Waals surface area (Å²) in [4.78, 5) is 6.82. The van der Waals surface area contributed by atoms with Gasteiger partial charge in [0.25, 0.3) is 0 Å². The summed E-state index contributed by atoms with van der Waals surface area (Å²) in [5, 5.41) is 1.28. The molecule has 1 aliphatic heterocycles. The lowest BCUT2D eigenvalue weighted by Gasteiger charge is -2.19. The third-order valence-electron chi connectivity index (χ3n) is 2.72. The fraction of sp³-hybridized carbons (Fsp3) is 0.800. The highest BCUT2D eigenvalue weighted by Gasteiger charge is 2.30. The Hall–Kier alpha value is -0.350. The van der Waals surface area contributed by atoms with Crippen molar-refractivity contribution < 1.29 is 0 Å². The van der Waals surface area contributed by atoms with E-state index in [1.54, 1.807) is 0 Å². The van der Waals surface area contributed by atoms with Crippen LogP contribution >= 0.6 is 23.1 Å². The van der Waals surface area contributed by atoms with Crippen LogP contribution in [0.5, 0.6) is 0 Å². The highest BCUT2D eigenvalue weighted by atomic mass is 35.5. The highest BCUT2D eigenvalue weighted by Crippen LogP contribution is 2.30. The monoisotopic (exact) mass is 245 g/mol. The van der Waals surface area contributed by atoms with Crippen LogP contribution in [0.15, 0.2) is 0 Å². The average Bonchev–Trinajstić information content (AvgIpc) is 2.71. The smallest absolute Gasteiger partial charge is 0.205 e. The van der Waals surface area contributed by atoms with E-state index in [0.717, 1.165) is 23.9 Å². The summed E-state index contributed by atoms with van der Waals surface area (Å²) in [5.74, 6) is 1.35. The van der Waals surface area contributed by atoms with Crippen LogP contribution in [0.25, 0.3) is 0 Å². The van der Waals surface area contributed by atoms with Gasteiger partial charge in [-0.2, -0.15) is 4.37 Å². The molecule has 2 unspecified atom stereocenters. The van der Waals surface area contributed by atoms with Crippen molar-refractivity contribution in [2.45, 2.75) is 44.5 Å². The van der Waals surface area contributed by atoms with E-state index in [9.17, 15) is 0 Å². The van der Waals surface area contributed by atoms with Crippen LogP contribution in [-0.4, -0.2) is 27.3 Å². The second-order valence-corrected chi connectivity index (χ2v) is 5.77. The van der Waals surface area contributed by atoms with E-state index in [1.165, 1.54) is 11.5 Å². The summed E-state index contributed by atoms with van der Waals surface area (Å²) < 4.78 is 4.37. The normalized spacial score (nSPS) is 26.6. The number of alkyl halides is 1. The quantitative estimate of drug-likeness (QED) is 0.751. The van der Waals surface area contributed by atoms with Gasteiger partial charge in [0.15, 0.2) is 0 Å². The summed E-state index contributed by atoms with van der Waals surface area (Å²) in [7, 11) is 0. The van der Waals surface area contributed by atoms with E-state index in [2.05, 4.69) is 35.0 Å². The molecule has 0 radical (unpaired) electrons. The Morgan fingerprint density at radius 3 is 2.73 bits per heavy atom. The summed E-state index contributed by atoms with van der Waals surface area (Å²) in [6, 6.07) is 0.487. The summed E-state index contributed by atoms with van der Waals surface area (Å²) in [5.41, 5.74) is 0. The van der Waals surface area contributed by atoms with Gasteiger partial charge in [-0.05, 0) is 13.3 Å². The molecule has 0 spiro atoms. The topological polar surface area (TPSA) is 29.0 Å². The Labute approximate surface area is 99.6 Å². The van der Waals surface area contributed by atoms with Crippen LogP contribution < -0.4 is 4.90 Å². The molecule has 0 aromatic carbocycles. The maximum atomic E-state index is 6.14. The summed E-state index contributed by atoms with van der Waals surface area (Å²) >= 11 is 7.62. The number of anilines is 1. The van der Waals surface area contributed by atoms with Crippen molar-refractivity contribution in [1.82, 2.24) is 9.36 Å². The van der Waals surface area contributed by atoms with Crippen molar-refractivity contribution in [2.24, 2.45) is 0 Å². The summed E-state index contributed by atoms with van der Waals surface area (Å²) in [6.07, 6.45) is 1.04. The largest absolute Gasteiger partial charge is 0.343 e. The molecule has 1 aromatic rings. The van der Waals surface area contributed by atoms with Crippen LogP contribution in [0.1, 0.15) is 38.9 Å². The molecule has 3 nitrogen and oxygen atoms in total. The van der Waals surface area contributed by atoms with Crippen molar-refractivity contribution in [1.29, 1.82) is 0 Å². The average molecular weight is 246 g/mol. The molecule has 15 heavy (non-hydrogen) atoms. The van der Waals surface area contributed by atoms with Gasteiger partial charge in [-0.3, -0.25) is 0 Å². The maximum absolute atomic E-state index is 6.14. The third kappa shape index (κ3) is 2.26. The number of hydrogen-bond acceptors (Lipinski definition) is 4. The first-order chi connectivity index (χ1) is 7.08. The number of hydrogen-bond donors (Lipinski definition) is 0. The van der Waals surface area contributed by atoms with E-state index in [0.29, 0.717) is 12.0 Å². The molecular formula is C10H16ClN3S. The first-order valence-corrected chi connectivity index (χ1v) is 6.53. The molecule has 1 saturated heterocycles. The first-order valence-electron chi connectivity index (χ1n) is 5.32. The molecule has 1 aromatic heterocycles. The zero-order valence-electron chi connectivity index (χ0n) is 9.27. The molecule has 5 heteroatoms. The SMILES string of the molecule is CC(C)c1nsc(N2CC(Cl)CC2C)n1. The highest BCUT2D eigenvalue weighted by molar-refractivity contribution is 7.09. The van der Waals surface area contributed by atoms with Gasteiger partial charge in [0.1, 0.15) is 5.82 Å². The molecule has 2 atom stereocenters. The third-order valence-corrected chi connectivity index (χ3v) is 3.80. The number of nitrogens with zero attached hydrogens (tertiary/aromatic N) is 3. The molecule has 1 fully saturated rings. The molecule has 0 amide bonds. The Balaban J connectivity index is 2.15. The van der Waals surface area contributed by atoms with E-state index in [-0.39, 0.29) is 5.38 Å². The molecule has 2 heterocycles. The molecule has 0 N–H and O–H groups in total.